The van der Waals surface area contributed by atoms with Gasteiger partial charge in [0.05, 0.1) is 5.92 Å². The van der Waals surface area contributed by atoms with Crippen LogP contribution >= 0.6 is 0 Å². The number of nitrogens with one attached hydrogen (secondary N) is 1. The van der Waals surface area contributed by atoms with Gasteiger partial charge in [-0.3, -0.25) is 9.59 Å². The summed E-state index contributed by atoms with van der Waals surface area (Å²) < 4.78 is 19.3. The molecule has 0 bridgehead atoms. The molecule has 158 valence electrons. The predicted octanol–water partition coefficient (Wildman–Crippen LogP) is 4.70. The SMILES string of the molecule is Cc1ccccc1N1CC(C(=O)Nc2ccc(OCc3ccccc3F)cc2)CC1=O. The van der Waals surface area contributed by atoms with Crippen LogP contribution in [0.25, 0.3) is 0 Å². The molecule has 1 N–H and O–H groups in total. The summed E-state index contributed by atoms with van der Waals surface area (Å²) in [6.45, 7) is 2.43. The van der Waals surface area contributed by atoms with Crippen molar-refractivity contribution in [3.8, 4) is 5.75 Å². The van der Waals surface area contributed by atoms with Crippen molar-refractivity contribution in [2.45, 2.75) is 20.0 Å². The highest BCUT2D eigenvalue weighted by Crippen LogP contribution is 2.28. The molecule has 6 heteroatoms. The van der Waals surface area contributed by atoms with Gasteiger partial charge in [-0.15, -0.1) is 0 Å². The van der Waals surface area contributed by atoms with Gasteiger partial charge >= 0.3 is 0 Å². The molecule has 31 heavy (non-hydrogen) atoms. The Hall–Kier alpha value is -3.67. The average Bonchev–Trinajstić information content (AvgIpc) is 3.16. The summed E-state index contributed by atoms with van der Waals surface area (Å²) in [5.41, 5.74) is 2.94. The van der Waals surface area contributed by atoms with Gasteiger partial charge < -0.3 is 15.0 Å². The van der Waals surface area contributed by atoms with E-state index in [2.05, 4.69) is 5.32 Å². The fourth-order valence-electron chi connectivity index (χ4n) is 3.64. The first-order valence-corrected chi connectivity index (χ1v) is 10.1. The molecule has 1 unspecified atom stereocenters. The first kappa shape index (κ1) is 20.6. The normalized spacial score (nSPS) is 15.7. The Morgan fingerprint density at radius 1 is 1.06 bits per heavy atom. The van der Waals surface area contributed by atoms with Gasteiger partial charge in [-0.25, -0.2) is 4.39 Å². The van der Waals surface area contributed by atoms with Crippen molar-refractivity contribution < 1.29 is 18.7 Å². The molecular formula is C25H23FN2O3. The highest BCUT2D eigenvalue weighted by molar-refractivity contribution is 6.03. The highest BCUT2D eigenvalue weighted by atomic mass is 19.1. The third kappa shape index (κ3) is 4.74. The molecule has 1 atom stereocenters. The third-order valence-corrected chi connectivity index (χ3v) is 5.38. The molecule has 1 saturated heterocycles. The number of amides is 2. The van der Waals surface area contributed by atoms with E-state index in [0.29, 0.717) is 23.5 Å². The average molecular weight is 418 g/mol. The Morgan fingerprint density at radius 2 is 1.77 bits per heavy atom. The van der Waals surface area contributed by atoms with Gasteiger partial charge in [0.15, 0.2) is 0 Å². The summed E-state index contributed by atoms with van der Waals surface area (Å²) in [5.74, 6) is -0.389. The lowest BCUT2D eigenvalue weighted by atomic mass is 10.1. The number of carbonyl (C=O) groups is 2. The van der Waals surface area contributed by atoms with E-state index in [1.165, 1.54) is 6.07 Å². The Balaban J connectivity index is 1.34. The number of anilines is 2. The Bertz CT molecular complexity index is 1100. The minimum atomic E-state index is -0.413. The minimum absolute atomic E-state index is 0.0497. The van der Waals surface area contributed by atoms with Crippen LogP contribution in [-0.4, -0.2) is 18.4 Å². The zero-order chi connectivity index (χ0) is 21.8. The number of halogens is 1. The van der Waals surface area contributed by atoms with Crippen molar-refractivity contribution in [1.29, 1.82) is 0 Å². The molecule has 0 saturated carbocycles. The quantitative estimate of drug-likeness (QED) is 0.631. The second-order valence-electron chi connectivity index (χ2n) is 7.59. The van der Waals surface area contributed by atoms with E-state index in [4.69, 9.17) is 4.74 Å². The van der Waals surface area contributed by atoms with E-state index in [0.717, 1.165) is 11.3 Å². The molecule has 5 nitrogen and oxygen atoms in total. The Labute approximate surface area is 180 Å². The van der Waals surface area contributed by atoms with Crippen molar-refractivity contribution >= 4 is 23.2 Å². The van der Waals surface area contributed by atoms with Gasteiger partial charge in [0.2, 0.25) is 11.8 Å². The lowest BCUT2D eigenvalue weighted by molar-refractivity contribution is -0.122. The van der Waals surface area contributed by atoms with Crippen LogP contribution in [0.2, 0.25) is 0 Å². The van der Waals surface area contributed by atoms with E-state index < -0.39 is 5.92 Å². The fraction of sp³-hybridized carbons (Fsp3) is 0.200. The molecule has 1 heterocycles. The van der Waals surface area contributed by atoms with Crippen molar-refractivity contribution in [2.24, 2.45) is 5.92 Å². The molecule has 0 aliphatic carbocycles. The second kappa shape index (κ2) is 9.00. The Morgan fingerprint density at radius 3 is 2.52 bits per heavy atom. The van der Waals surface area contributed by atoms with Crippen LogP contribution in [0, 0.1) is 18.7 Å². The molecule has 0 spiro atoms. The van der Waals surface area contributed by atoms with Gasteiger partial charge in [-0.1, -0.05) is 36.4 Å². The number of aryl methyl sites for hydroxylation is 1. The van der Waals surface area contributed by atoms with E-state index in [9.17, 15) is 14.0 Å². The van der Waals surface area contributed by atoms with Gasteiger partial charge in [-0.2, -0.15) is 0 Å². The van der Waals surface area contributed by atoms with Crippen molar-refractivity contribution in [3.63, 3.8) is 0 Å². The molecule has 3 aromatic rings. The second-order valence-corrected chi connectivity index (χ2v) is 7.59. The maximum Gasteiger partial charge on any atom is 0.229 e. The summed E-state index contributed by atoms with van der Waals surface area (Å²) in [5, 5.41) is 2.87. The lowest BCUT2D eigenvalue weighted by Gasteiger charge is -2.19. The van der Waals surface area contributed by atoms with E-state index in [1.807, 2.05) is 31.2 Å². The maximum absolute atomic E-state index is 13.7. The number of hydrogen-bond acceptors (Lipinski definition) is 3. The van der Waals surface area contributed by atoms with Crippen LogP contribution in [0.3, 0.4) is 0 Å². The number of carbonyl (C=O) groups excluding carboxylic acids is 2. The zero-order valence-corrected chi connectivity index (χ0v) is 17.2. The van der Waals surface area contributed by atoms with Crippen molar-refractivity contribution in [1.82, 2.24) is 0 Å². The molecule has 3 aromatic carbocycles. The topological polar surface area (TPSA) is 58.6 Å². The summed E-state index contributed by atoms with van der Waals surface area (Å²) in [6.07, 6.45) is 0.185. The summed E-state index contributed by atoms with van der Waals surface area (Å²) in [6, 6.07) is 21.0. The van der Waals surface area contributed by atoms with Gasteiger partial charge in [0.1, 0.15) is 18.2 Å². The van der Waals surface area contributed by atoms with Crippen LogP contribution in [-0.2, 0) is 16.2 Å². The maximum atomic E-state index is 13.7. The summed E-state index contributed by atoms with van der Waals surface area (Å²) >= 11 is 0. The smallest absolute Gasteiger partial charge is 0.229 e. The van der Waals surface area contributed by atoms with Crippen LogP contribution in [0.5, 0.6) is 5.75 Å². The number of para-hydroxylation sites is 1. The summed E-state index contributed by atoms with van der Waals surface area (Å²) in [4.78, 5) is 26.8. The van der Waals surface area contributed by atoms with Crippen LogP contribution in [0.15, 0.2) is 72.8 Å². The van der Waals surface area contributed by atoms with E-state index in [-0.39, 0.29) is 30.7 Å². The first-order valence-electron chi connectivity index (χ1n) is 10.1. The molecule has 1 fully saturated rings. The molecule has 0 radical (unpaired) electrons. The van der Waals surface area contributed by atoms with Crippen LogP contribution < -0.4 is 15.0 Å². The largest absolute Gasteiger partial charge is 0.489 e. The molecule has 1 aliphatic heterocycles. The van der Waals surface area contributed by atoms with Crippen LogP contribution in [0.1, 0.15) is 17.5 Å². The van der Waals surface area contributed by atoms with E-state index >= 15 is 0 Å². The zero-order valence-electron chi connectivity index (χ0n) is 17.2. The number of benzene rings is 3. The van der Waals surface area contributed by atoms with Gasteiger partial charge in [0, 0.05) is 29.9 Å². The van der Waals surface area contributed by atoms with Gasteiger partial charge in [-0.05, 0) is 48.9 Å². The molecule has 2 amide bonds. The third-order valence-electron chi connectivity index (χ3n) is 5.38. The van der Waals surface area contributed by atoms with Crippen molar-refractivity contribution in [2.75, 3.05) is 16.8 Å². The summed E-state index contributed by atoms with van der Waals surface area (Å²) in [7, 11) is 0. The van der Waals surface area contributed by atoms with Gasteiger partial charge in [0.25, 0.3) is 0 Å². The fourth-order valence-corrected chi connectivity index (χ4v) is 3.64. The van der Waals surface area contributed by atoms with E-state index in [1.54, 1.807) is 47.4 Å². The number of ether oxygens (including phenoxy) is 1. The first-order chi connectivity index (χ1) is 15.0. The molecular weight excluding hydrogens is 395 g/mol. The lowest BCUT2D eigenvalue weighted by Crippen LogP contribution is -2.28. The highest BCUT2D eigenvalue weighted by Gasteiger charge is 2.35. The Kier molecular flexibility index (Phi) is 5.98. The monoisotopic (exact) mass is 418 g/mol. The van der Waals surface area contributed by atoms with Crippen molar-refractivity contribution in [3.05, 3.63) is 89.7 Å². The standard InChI is InChI=1S/C25H23FN2O3/c1-17-6-2-5-9-23(17)28-15-19(14-24(28)29)25(30)27-20-10-12-21(13-11-20)31-16-18-7-3-4-8-22(18)26/h2-13,19H,14-16H2,1H3,(H,27,30). The predicted molar refractivity (Wildman–Crippen MR) is 117 cm³/mol. The molecule has 4 rings (SSSR count). The molecule has 1 aliphatic rings. The van der Waals surface area contributed by atoms with Crippen LogP contribution in [0.4, 0.5) is 15.8 Å². The minimum Gasteiger partial charge on any atom is -0.489 e. The number of nitrogens with zero attached hydrogens (tertiary/aromatic N) is 1. The number of hydrogen-bond donors (Lipinski definition) is 1. The molecule has 0 aromatic heterocycles. The number of rotatable bonds is 6.